The Morgan fingerprint density at radius 2 is 2.17 bits per heavy atom. The van der Waals surface area contributed by atoms with Crippen LogP contribution in [0.1, 0.15) is 0 Å². The second-order valence-electron chi connectivity index (χ2n) is 0.901. The second-order valence-corrected chi connectivity index (χ2v) is 2.13. The third-order valence-electron chi connectivity index (χ3n) is 0.407. The minimum Gasteiger partial charge on any atom is -0.103 e. The van der Waals surface area contributed by atoms with Crippen LogP contribution in [0.3, 0.4) is 0 Å². The van der Waals surface area contributed by atoms with Crippen LogP contribution in [0.2, 0.25) is 0 Å². The van der Waals surface area contributed by atoms with Crippen LogP contribution in [0.25, 0.3) is 0 Å². The van der Waals surface area contributed by atoms with Gasteiger partial charge in [0, 0.05) is 0 Å². The Labute approximate surface area is 40.7 Å². The summed E-state index contributed by atoms with van der Waals surface area (Å²) in [5.74, 6) is 1.92. The average Bonchev–Trinajstić information content (AvgIpc) is 1.61. The van der Waals surface area contributed by atoms with Crippen molar-refractivity contribution in [2.24, 2.45) is 0 Å². The van der Waals surface area contributed by atoms with Crippen molar-refractivity contribution in [2.45, 2.75) is 0 Å². The van der Waals surface area contributed by atoms with Gasteiger partial charge in [-0.3, -0.25) is 0 Å². The molecule has 0 heterocycles. The van der Waals surface area contributed by atoms with Crippen LogP contribution in [0, 0.1) is 0 Å². The lowest BCUT2D eigenvalue weighted by Gasteiger charge is -1.77. The zero-order valence-corrected chi connectivity index (χ0v) is 4.78. The topological polar surface area (TPSA) is 0 Å². The number of hydrogen-bond acceptors (Lipinski definition) is 0. The molecule has 0 amide bonds. The molecule has 0 spiro atoms. The molecule has 0 saturated heterocycles. The van der Waals surface area contributed by atoms with Gasteiger partial charge >= 0.3 is 0 Å². The van der Waals surface area contributed by atoms with Crippen LogP contribution in [0.15, 0.2) is 25.1 Å². The molecule has 0 aromatic rings. The molecule has 0 radical (unpaired) electrons. The summed E-state index contributed by atoms with van der Waals surface area (Å²) in [5.41, 5.74) is 0. The van der Waals surface area contributed by atoms with Gasteiger partial charge in [-0.1, -0.05) is 27.1 Å². The molecule has 0 aliphatic heterocycles. The van der Waals surface area contributed by atoms with E-state index in [2.05, 4.69) is 13.2 Å². The zero-order chi connectivity index (χ0) is 4.83. The van der Waals surface area contributed by atoms with Gasteiger partial charge in [0.1, 0.15) is 0 Å². The summed E-state index contributed by atoms with van der Waals surface area (Å²) in [4.78, 5) is 0. The number of hydrogen-bond donors (Lipinski definition) is 0. The predicted molar refractivity (Wildman–Crippen MR) is 33.6 cm³/mol. The van der Waals surface area contributed by atoms with E-state index < -0.39 is 0 Å². The molecule has 0 saturated carbocycles. The van der Waals surface area contributed by atoms with E-state index in [4.69, 9.17) is 0 Å². The van der Waals surface area contributed by atoms with Gasteiger partial charge in [0.05, 0.1) is 0 Å². The van der Waals surface area contributed by atoms with Crippen molar-refractivity contribution in [1.29, 1.82) is 0 Å². The molecule has 0 aliphatic rings. The maximum absolute atomic E-state index is 3.56. The summed E-state index contributed by atoms with van der Waals surface area (Å²) in [5, 5.41) is 0. The Balaban J connectivity index is 2.66. The molecule has 0 fully saturated rings. The van der Waals surface area contributed by atoms with E-state index in [9.17, 15) is 0 Å². The van der Waals surface area contributed by atoms with Crippen molar-refractivity contribution in [3.05, 3.63) is 25.1 Å². The highest BCUT2D eigenvalue weighted by Crippen LogP contribution is 2.07. The maximum atomic E-state index is 3.56. The highest BCUT2D eigenvalue weighted by Gasteiger charge is 1.65. The summed E-state index contributed by atoms with van der Waals surface area (Å²) >= 11 is 0. The van der Waals surface area contributed by atoms with Crippen molar-refractivity contribution in [2.75, 3.05) is 6.16 Å². The first-order chi connectivity index (χ1) is 2.91. The third kappa shape index (κ3) is 3.91. The summed E-state index contributed by atoms with van der Waals surface area (Å²) < 4.78 is 0. The van der Waals surface area contributed by atoms with Gasteiger partial charge in [0.15, 0.2) is 0 Å². The molecule has 0 aromatic carbocycles. The van der Waals surface area contributed by atoms with E-state index in [1.807, 2.05) is 11.9 Å². The average molecular weight is 100 g/mol. The van der Waals surface area contributed by atoms with Crippen LogP contribution in [-0.2, 0) is 0 Å². The largest absolute Gasteiger partial charge is 0.103 e. The molecule has 0 rings (SSSR count). The lowest BCUT2D eigenvalue weighted by molar-refractivity contribution is 1.81. The Hall–Kier alpha value is -0.0900. The fourth-order valence-electron chi connectivity index (χ4n) is 0.167. The van der Waals surface area contributed by atoms with E-state index in [1.165, 1.54) is 0 Å². The van der Waals surface area contributed by atoms with Gasteiger partial charge in [-0.05, 0) is 6.16 Å². The van der Waals surface area contributed by atoms with E-state index >= 15 is 0 Å². The quantitative estimate of drug-likeness (QED) is 0.289. The van der Waals surface area contributed by atoms with Gasteiger partial charge in [-0.2, -0.15) is 0 Å². The van der Waals surface area contributed by atoms with Crippen LogP contribution in [0.4, 0.5) is 0 Å². The van der Waals surface area contributed by atoms with Gasteiger partial charge < -0.3 is 0 Å². The van der Waals surface area contributed by atoms with E-state index in [0.29, 0.717) is 0 Å². The molecule has 1 atom stereocenters. The number of allylic oxidation sites excluding steroid dienone is 1. The standard InChI is InChI=1S/C5H9P/c1-3-5-6-4-2/h3-4,6H,1-2,5H2. The van der Waals surface area contributed by atoms with Crippen LogP contribution < -0.4 is 0 Å². The SMILES string of the molecule is C=CCPC=C. The molecule has 0 nitrogen and oxygen atoms in total. The van der Waals surface area contributed by atoms with Gasteiger partial charge in [-0.25, -0.2) is 0 Å². The summed E-state index contributed by atoms with van der Waals surface area (Å²) in [6, 6.07) is 0. The first kappa shape index (κ1) is 5.91. The van der Waals surface area contributed by atoms with Crippen LogP contribution in [0.5, 0.6) is 0 Å². The number of rotatable bonds is 3. The summed E-state index contributed by atoms with van der Waals surface area (Å²) in [6.07, 6.45) is 2.99. The minimum atomic E-state index is 0.861. The lowest BCUT2D eigenvalue weighted by Crippen LogP contribution is -1.53. The molecule has 0 aliphatic carbocycles. The van der Waals surface area contributed by atoms with E-state index in [0.717, 1.165) is 14.7 Å². The minimum absolute atomic E-state index is 0.861. The third-order valence-corrected chi connectivity index (χ3v) is 1.22. The molecule has 1 unspecified atom stereocenters. The van der Waals surface area contributed by atoms with Gasteiger partial charge in [0.2, 0.25) is 0 Å². The normalized spacial score (nSPS) is 9.33. The maximum Gasteiger partial charge on any atom is -0.0140 e. The predicted octanol–water partition coefficient (Wildman–Crippen LogP) is 1.99. The van der Waals surface area contributed by atoms with Crippen molar-refractivity contribution >= 4 is 8.58 Å². The molecule has 0 aromatic heterocycles. The Kier molecular flexibility index (Phi) is 4.84. The van der Waals surface area contributed by atoms with Crippen molar-refractivity contribution in [1.82, 2.24) is 0 Å². The fourth-order valence-corrected chi connectivity index (χ4v) is 0.500. The molecule has 34 valence electrons. The highest BCUT2D eigenvalue weighted by molar-refractivity contribution is 7.41. The zero-order valence-electron chi connectivity index (χ0n) is 3.78. The Morgan fingerprint density at radius 1 is 1.50 bits per heavy atom. The molecule has 6 heavy (non-hydrogen) atoms. The first-order valence-electron chi connectivity index (χ1n) is 1.87. The van der Waals surface area contributed by atoms with Crippen molar-refractivity contribution in [3.8, 4) is 0 Å². The first-order valence-corrected chi connectivity index (χ1v) is 3.15. The highest BCUT2D eigenvalue weighted by atomic mass is 31.1. The lowest BCUT2D eigenvalue weighted by atomic mass is 10.8. The monoisotopic (exact) mass is 100 g/mol. The van der Waals surface area contributed by atoms with Crippen molar-refractivity contribution in [3.63, 3.8) is 0 Å². The Bertz CT molecular complexity index is 39.9. The molecule has 1 heteroatoms. The molecular weight excluding hydrogens is 91.0 g/mol. The smallest absolute Gasteiger partial charge is 0.0140 e. The van der Waals surface area contributed by atoms with Gasteiger partial charge in [0.25, 0.3) is 0 Å². The summed E-state index contributed by atoms with van der Waals surface area (Å²) in [7, 11) is 0.861. The van der Waals surface area contributed by atoms with Crippen LogP contribution in [-0.4, -0.2) is 6.16 Å². The van der Waals surface area contributed by atoms with E-state index in [1.54, 1.807) is 0 Å². The molecular formula is C5H9P. The fraction of sp³-hybridized carbons (Fsp3) is 0.200. The van der Waals surface area contributed by atoms with Gasteiger partial charge in [-0.15, -0.1) is 6.58 Å². The van der Waals surface area contributed by atoms with Crippen molar-refractivity contribution < 1.29 is 0 Å². The second kappa shape index (κ2) is 4.91. The van der Waals surface area contributed by atoms with E-state index in [-0.39, 0.29) is 0 Å². The van der Waals surface area contributed by atoms with Crippen LogP contribution >= 0.6 is 8.58 Å². The summed E-state index contributed by atoms with van der Waals surface area (Å²) in [6.45, 7) is 7.12. The molecule has 0 bridgehead atoms. The molecule has 0 N–H and O–H groups in total. The Morgan fingerprint density at radius 3 is 2.33 bits per heavy atom.